The molecule has 5 N–H and O–H groups in total. The first-order valence-electron chi connectivity index (χ1n) is 12.5. The van der Waals surface area contributed by atoms with Crippen molar-refractivity contribution in [3.05, 3.63) is 69.7 Å². The predicted octanol–water partition coefficient (Wildman–Crippen LogP) is 4.39. The molecule has 0 fully saturated rings. The van der Waals surface area contributed by atoms with Gasteiger partial charge in [0.2, 0.25) is 5.91 Å². The van der Waals surface area contributed by atoms with Crippen LogP contribution < -0.4 is 26.4 Å². The minimum absolute atomic E-state index is 0.0330. The van der Waals surface area contributed by atoms with E-state index in [2.05, 4.69) is 23.5 Å². The second-order valence-electron chi connectivity index (χ2n) is 9.41. The maximum atomic E-state index is 14.2. The number of carbonyl (C=O) groups is 3. The number of nitrogen functional groups attached to an aromatic ring is 1. The lowest BCUT2D eigenvalue weighted by atomic mass is 9.99. The number of nitrogens with zero attached hydrogens (tertiary/aromatic N) is 2. The molecule has 202 valence electrons. The van der Waals surface area contributed by atoms with Crippen molar-refractivity contribution in [2.75, 3.05) is 23.8 Å². The van der Waals surface area contributed by atoms with Crippen molar-refractivity contribution in [2.45, 2.75) is 47.1 Å². The van der Waals surface area contributed by atoms with Crippen LogP contribution in [0.1, 0.15) is 70.1 Å². The Morgan fingerprint density at radius 3 is 2.37 bits per heavy atom. The first-order valence-corrected chi connectivity index (χ1v) is 13.3. The molecule has 0 aliphatic rings. The maximum absolute atomic E-state index is 14.2. The van der Waals surface area contributed by atoms with E-state index in [-0.39, 0.29) is 22.2 Å². The summed E-state index contributed by atoms with van der Waals surface area (Å²) in [4.78, 5) is 41.3. The third-order valence-corrected chi connectivity index (χ3v) is 7.10. The van der Waals surface area contributed by atoms with Crippen LogP contribution in [-0.2, 0) is 4.79 Å². The zero-order chi connectivity index (χ0) is 28.0. The Morgan fingerprint density at radius 1 is 1.11 bits per heavy atom. The Hall–Kier alpha value is -3.92. The highest BCUT2D eigenvalue weighted by Crippen LogP contribution is 2.36. The quantitative estimate of drug-likeness (QED) is 0.331. The molecule has 3 aromatic rings. The summed E-state index contributed by atoms with van der Waals surface area (Å²) >= 11 is 0.782. The number of rotatable bonds is 11. The standard InChI is InChI=1S/C28H35N5O4S/c1-6-37-20-12-10-19(11-13-20)24(27(35)31-15-14-16(2)3)33(21-9-7-8-17(4)18(21)5)28(36)25-22(29)23(26(30)34)32-38-25/h7-13,16,24H,6,14-15,29H2,1-5H3,(H2,30,34)(H,31,35)/t24-/m1/s1. The summed E-state index contributed by atoms with van der Waals surface area (Å²) in [6.45, 7) is 10.8. The first kappa shape index (κ1) is 28.6. The van der Waals surface area contributed by atoms with E-state index in [1.165, 1.54) is 4.90 Å². The van der Waals surface area contributed by atoms with Gasteiger partial charge in [-0.25, -0.2) is 0 Å². The van der Waals surface area contributed by atoms with Crippen molar-refractivity contribution < 1.29 is 19.1 Å². The average molecular weight is 538 g/mol. The number of nitrogens with one attached hydrogen (secondary N) is 1. The van der Waals surface area contributed by atoms with Gasteiger partial charge in [-0.05, 0) is 79.5 Å². The summed E-state index contributed by atoms with van der Waals surface area (Å²) in [6, 6.07) is 11.6. The van der Waals surface area contributed by atoms with Crippen molar-refractivity contribution in [3.8, 4) is 5.75 Å². The Kier molecular flexibility index (Phi) is 9.46. The number of aromatic nitrogens is 1. The monoisotopic (exact) mass is 537 g/mol. The summed E-state index contributed by atoms with van der Waals surface area (Å²) in [5.41, 5.74) is 14.2. The van der Waals surface area contributed by atoms with Crippen molar-refractivity contribution in [1.82, 2.24) is 9.69 Å². The molecule has 0 saturated carbocycles. The molecule has 2 aromatic carbocycles. The van der Waals surface area contributed by atoms with Gasteiger partial charge in [0, 0.05) is 12.2 Å². The maximum Gasteiger partial charge on any atom is 0.273 e. The third kappa shape index (κ3) is 6.31. The smallest absolute Gasteiger partial charge is 0.273 e. The van der Waals surface area contributed by atoms with E-state index in [1.807, 2.05) is 32.9 Å². The Labute approximate surface area is 227 Å². The molecule has 0 spiro atoms. The number of anilines is 2. The van der Waals surface area contributed by atoms with Gasteiger partial charge in [-0.1, -0.05) is 38.1 Å². The van der Waals surface area contributed by atoms with E-state index in [0.29, 0.717) is 36.1 Å². The number of nitrogens with two attached hydrogens (primary N) is 2. The highest BCUT2D eigenvalue weighted by atomic mass is 32.1. The van der Waals surface area contributed by atoms with Gasteiger partial charge in [0.15, 0.2) is 5.69 Å². The van der Waals surface area contributed by atoms with E-state index in [1.54, 1.807) is 30.3 Å². The predicted molar refractivity (Wildman–Crippen MR) is 151 cm³/mol. The Balaban J connectivity index is 2.20. The van der Waals surface area contributed by atoms with Crippen LogP contribution in [0.2, 0.25) is 0 Å². The summed E-state index contributed by atoms with van der Waals surface area (Å²) in [6.07, 6.45) is 0.781. The topological polar surface area (TPSA) is 141 Å². The molecule has 3 rings (SSSR count). The fourth-order valence-electron chi connectivity index (χ4n) is 4.01. The summed E-state index contributed by atoms with van der Waals surface area (Å²) in [5, 5.41) is 3.00. The molecule has 0 unspecified atom stereocenters. The lowest BCUT2D eigenvalue weighted by Crippen LogP contribution is -2.44. The van der Waals surface area contributed by atoms with E-state index >= 15 is 0 Å². The molecule has 0 bridgehead atoms. The van der Waals surface area contributed by atoms with Gasteiger partial charge in [-0.15, -0.1) is 0 Å². The zero-order valence-electron chi connectivity index (χ0n) is 22.4. The molecule has 9 nitrogen and oxygen atoms in total. The molecule has 1 aromatic heterocycles. The number of primary amides is 1. The highest BCUT2D eigenvalue weighted by Gasteiger charge is 2.36. The van der Waals surface area contributed by atoms with Crippen LogP contribution in [0.4, 0.5) is 11.4 Å². The molecular weight excluding hydrogens is 502 g/mol. The molecule has 1 heterocycles. The van der Waals surface area contributed by atoms with Crippen LogP contribution in [0.3, 0.4) is 0 Å². The Morgan fingerprint density at radius 2 is 1.79 bits per heavy atom. The number of aryl methyl sites for hydroxylation is 1. The van der Waals surface area contributed by atoms with E-state index in [4.69, 9.17) is 16.2 Å². The third-order valence-electron chi connectivity index (χ3n) is 6.24. The first-order chi connectivity index (χ1) is 18.1. The normalized spacial score (nSPS) is 11.7. The number of hydrogen-bond donors (Lipinski definition) is 3. The van der Waals surface area contributed by atoms with Crippen LogP contribution in [0, 0.1) is 19.8 Å². The van der Waals surface area contributed by atoms with E-state index < -0.39 is 17.9 Å². The number of amides is 3. The summed E-state index contributed by atoms with van der Waals surface area (Å²) < 4.78 is 9.59. The molecule has 0 aliphatic heterocycles. The van der Waals surface area contributed by atoms with E-state index in [0.717, 1.165) is 29.1 Å². The van der Waals surface area contributed by atoms with Crippen LogP contribution >= 0.6 is 11.5 Å². The lowest BCUT2D eigenvalue weighted by Gasteiger charge is -2.33. The van der Waals surface area contributed by atoms with Gasteiger partial charge >= 0.3 is 0 Å². The average Bonchev–Trinajstić information content (AvgIpc) is 3.26. The molecule has 10 heteroatoms. The molecule has 1 atom stereocenters. The van der Waals surface area contributed by atoms with E-state index in [9.17, 15) is 14.4 Å². The number of carbonyl (C=O) groups excluding carboxylic acids is 3. The van der Waals surface area contributed by atoms with Gasteiger partial charge in [-0.3, -0.25) is 19.3 Å². The second-order valence-corrected chi connectivity index (χ2v) is 10.2. The second kappa shape index (κ2) is 12.6. The molecule has 38 heavy (non-hydrogen) atoms. The molecular formula is C28H35N5O4S. The van der Waals surface area contributed by atoms with Gasteiger partial charge in [0.25, 0.3) is 11.8 Å². The van der Waals surface area contributed by atoms with Gasteiger partial charge < -0.3 is 21.5 Å². The minimum atomic E-state index is -1.04. The van der Waals surface area contributed by atoms with Crippen molar-refractivity contribution in [3.63, 3.8) is 0 Å². The SMILES string of the molecule is CCOc1ccc([C@H](C(=O)NCCC(C)C)N(C(=O)c2snc(C(N)=O)c2N)c2cccc(C)c2C)cc1. The number of ether oxygens (including phenoxy) is 1. The van der Waals surface area contributed by atoms with Gasteiger partial charge in [0.05, 0.1) is 12.3 Å². The molecule has 3 amide bonds. The van der Waals surface area contributed by atoms with Gasteiger partial charge in [-0.2, -0.15) is 4.37 Å². The highest BCUT2D eigenvalue weighted by molar-refractivity contribution is 7.09. The van der Waals surface area contributed by atoms with Crippen LogP contribution in [0.5, 0.6) is 5.75 Å². The summed E-state index contributed by atoms with van der Waals surface area (Å²) in [5.74, 6) is -0.690. The fourth-order valence-corrected chi connectivity index (χ4v) is 4.75. The van der Waals surface area contributed by atoms with Gasteiger partial charge in [0.1, 0.15) is 16.7 Å². The van der Waals surface area contributed by atoms with Crippen molar-refractivity contribution >= 4 is 40.6 Å². The van der Waals surface area contributed by atoms with Crippen LogP contribution in [0.15, 0.2) is 42.5 Å². The minimum Gasteiger partial charge on any atom is -0.494 e. The fraction of sp³-hybridized carbons (Fsp3) is 0.357. The molecule has 0 saturated heterocycles. The lowest BCUT2D eigenvalue weighted by molar-refractivity contribution is -0.122. The van der Waals surface area contributed by atoms with Crippen LogP contribution in [0.25, 0.3) is 0 Å². The van der Waals surface area contributed by atoms with Crippen molar-refractivity contribution in [1.29, 1.82) is 0 Å². The van der Waals surface area contributed by atoms with Crippen molar-refractivity contribution in [2.24, 2.45) is 11.7 Å². The number of hydrogen-bond acceptors (Lipinski definition) is 7. The largest absolute Gasteiger partial charge is 0.494 e. The molecule has 0 radical (unpaired) electrons. The van der Waals surface area contributed by atoms with Crippen LogP contribution in [-0.4, -0.2) is 35.2 Å². The Bertz CT molecular complexity index is 1300. The molecule has 0 aliphatic carbocycles. The zero-order valence-corrected chi connectivity index (χ0v) is 23.2. The summed E-state index contributed by atoms with van der Waals surface area (Å²) in [7, 11) is 0. The number of benzene rings is 2.